The van der Waals surface area contributed by atoms with Crippen molar-refractivity contribution in [3.8, 4) is 0 Å². The van der Waals surface area contributed by atoms with Crippen molar-refractivity contribution in [2.75, 3.05) is 6.54 Å². The van der Waals surface area contributed by atoms with E-state index in [2.05, 4.69) is 52.6 Å². The summed E-state index contributed by atoms with van der Waals surface area (Å²) in [6.45, 7) is 17.1. The van der Waals surface area contributed by atoms with E-state index in [1.807, 2.05) is 30.3 Å². The van der Waals surface area contributed by atoms with Crippen LogP contribution >= 0.6 is 0 Å². The Morgan fingerprint density at radius 3 is 2.54 bits per heavy atom. The fourth-order valence-corrected chi connectivity index (χ4v) is 10.4. The number of carbonyl (C=O) groups is 2. The number of fused-ring (bicyclic) bond motifs is 5. The third-order valence-corrected chi connectivity index (χ3v) is 12.9. The Morgan fingerprint density at radius 2 is 1.78 bits per heavy atom. The number of hydrogen-bond acceptors (Lipinski definition) is 4. The fourth-order valence-electron chi connectivity index (χ4n) is 10.4. The first-order valence-electron chi connectivity index (χ1n) is 18.5. The number of hydrogen-bond donors (Lipinski definition) is 1. The van der Waals surface area contributed by atoms with E-state index in [1.165, 1.54) is 51.4 Å². The molecule has 5 rings (SSSR count). The summed E-state index contributed by atoms with van der Waals surface area (Å²) in [7, 11) is 0. The summed E-state index contributed by atoms with van der Waals surface area (Å²) >= 11 is 0. The van der Waals surface area contributed by atoms with Crippen molar-refractivity contribution in [1.82, 2.24) is 5.32 Å². The van der Waals surface area contributed by atoms with E-state index in [9.17, 15) is 9.59 Å². The molecule has 4 aliphatic rings. The molecule has 0 aromatic heterocycles. The van der Waals surface area contributed by atoms with Crippen LogP contribution in [0.25, 0.3) is 0 Å². The maximum absolute atomic E-state index is 12.7. The minimum absolute atomic E-state index is 0.0663. The molecule has 0 aliphatic heterocycles. The van der Waals surface area contributed by atoms with Crippen molar-refractivity contribution in [2.24, 2.45) is 46.3 Å². The average Bonchev–Trinajstić information content (AvgIpc) is 3.38. The maximum Gasteiger partial charge on any atom is 0.407 e. The fraction of sp³-hybridized carbons (Fsp3) is 0.707. The second kappa shape index (κ2) is 15.1. The number of alkyl carbamates (subject to hydrolysis) is 1. The molecule has 4 aliphatic carbocycles. The van der Waals surface area contributed by atoms with E-state index < -0.39 is 0 Å². The van der Waals surface area contributed by atoms with Gasteiger partial charge in [-0.1, -0.05) is 108 Å². The molecule has 0 spiro atoms. The van der Waals surface area contributed by atoms with Gasteiger partial charge in [-0.3, -0.25) is 4.79 Å². The van der Waals surface area contributed by atoms with E-state index in [0.717, 1.165) is 65.9 Å². The van der Waals surface area contributed by atoms with Gasteiger partial charge in [0.2, 0.25) is 0 Å². The zero-order valence-electron chi connectivity index (χ0n) is 29.5. The monoisotopic (exact) mass is 631 g/mol. The van der Waals surface area contributed by atoms with E-state index >= 15 is 0 Å². The van der Waals surface area contributed by atoms with Crippen molar-refractivity contribution in [2.45, 2.75) is 131 Å². The lowest BCUT2D eigenvalue weighted by molar-refractivity contribution is -0.144. The highest BCUT2D eigenvalue weighted by molar-refractivity contribution is 5.72. The molecule has 254 valence electrons. The number of benzene rings is 1. The number of ether oxygens (including phenoxy) is 2. The van der Waals surface area contributed by atoms with Gasteiger partial charge in [0, 0.05) is 13.0 Å². The summed E-state index contributed by atoms with van der Waals surface area (Å²) in [5, 5.41) is 2.89. The van der Waals surface area contributed by atoms with Crippen LogP contribution in [-0.4, -0.2) is 24.7 Å². The zero-order valence-corrected chi connectivity index (χ0v) is 29.5. The molecule has 0 bridgehead atoms. The number of esters is 1. The van der Waals surface area contributed by atoms with Gasteiger partial charge in [-0.25, -0.2) is 4.79 Å². The molecule has 8 unspecified atom stereocenters. The topological polar surface area (TPSA) is 64.6 Å². The number of amides is 1. The van der Waals surface area contributed by atoms with Gasteiger partial charge in [0.25, 0.3) is 0 Å². The number of carbonyl (C=O) groups excluding carboxylic acids is 2. The molecule has 0 saturated heterocycles. The molecule has 0 heterocycles. The lowest BCUT2D eigenvalue weighted by Crippen LogP contribution is -2.51. The molecular weight excluding hydrogens is 570 g/mol. The molecule has 5 heteroatoms. The van der Waals surface area contributed by atoms with Gasteiger partial charge in [-0.15, -0.1) is 0 Å². The van der Waals surface area contributed by atoms with Crippen molar-refractivity contribution in [3.05, 3.63) is 59.7 Å². The molecule has 46 heavy (non-hydrogen) atoms. The van der Waals surface area contributed by atoms with Crippen LogP contribution < -0.4 is 5.32 Å². The van der Waals surface area contributed by atoms with Crippen LogP contribution in [0.5, 0.6) is 0 Å². The summed E-state index contributed by atoms with van der Waals surface area (Å²) < 4.78 is 11.3. The lowest BCUT2D eigenvalue weighted by atomic mass is 9.47. The SMILES string of the molecule is C=C(CCNC(=O)OC1CCC2(C)C(=CCC3C2CCC2(C)C(C(C)CCCC(C)C)CCC32)C1)CC(=O)OCc1ccccc1. The van der Waals surface area contributed by atoms with Crippen LogP contribution in [-0.2, 0) is 20.9 Å². The number of rotatable bonds is 13. The second-order valence-corrected chi connectivity index (χ2v) is 16.3. The highest BCUT2D eigenvalue weighted by Gasteiger charge is 2.59. The minimum atomic E-state index is -0.365. The Kier molecular flexibility index (Phi) is 11.4. The van der Waals surface area contributed by atoms with Gasteiger partial charge in [-0.2, -0.15) is 0 Å². The van der Waals surface area contributed by atoms with Crippen LogP contribution in [0.4, 0.5) is 4.79 Å². The first-order valence-corrected chi connectivity index (χ1v) is 18.5. The van der Waals surface area contributed by atoms with E-state index in [1.54, 1.807) is 5.57 Å². The Balaban J connectivity index is 1.06. The molecule has 3 fully saturated rings. The largest absolute Gasteiger partial charge is 0.461 e. The van der Waals surface area contributed by atoms with Gasteiger partial charge >= 0.3 is 12.1 Å². The Bertz CT molecular complexity index is 1240. The molecule has 0 radical (unpaired) electrons. The van der Waals surface area contributed by atoms with Crippen LogP contribution in [0.2, 0.25) is 0 Å². The molecule has 1 aromatic carbocycles. The van der Waals surface area contributed by atoms with Crippen LogP contribution in [0.1, 0.15) is 124 Å². The normalized spacial score (nSPS) is 32.4. The summed E-state index contributed by atoms with van der Waals surface area (Å²) in [5.74, 6) is 4.68. The van der Waals surface area contributed by atoms with Gasteiger partial charge in [-0.05, 0) is 103 Å². The molecule has 1 N–H and O–H groups in total. The average molecular weight is 632 g/mol. The predicted octanol–water partition coefficient (Wildman–Crippen LogP) is 10.2. The predicted molar refractivity (Wildman–Crippen MR) is 186 cm³/mol. The number of nitrogens with one attached hydrogen (secondary N) is 1. The quantitative estimate of drug-likeness (QED) is 0.174. The Hall–Kier alpha value is -2.56. The maximum atomic E-state index is 12.7. The van der Waals surface area contributed by atoms with E-state index in [4.69, 9.17) is 9.47 Å². The van der Waals surface area contributed by atoms with Crippen LogP contribution in [0, 0.1) is 46.3 Å². The van der Waals surface area contributed by atoms with Crippen molar-refractivity contribution >= 4 is 12.1 Å². The van der Waals surface area contributed by atoms with Crippen molar-refractivity contribution in [3.63, 3.8) is 0 Å². The molecule has 5 nitrogen and oxygen atoms in total. The van der Waals surface area contributed by atoms with Gasteiger partial charge < -0.3 is 14.8 Å². The molecule has 1 aromatic rings. The highest BCUT2D eigenvalue weighted by atomic mass is 16.6. The standard InChI is InChI=1S/C41H61NO4/c1-28(2)11-10-12-30(4)35-17-18-36-34-16-15-32-26-33(19-22-40(32,5)37(34)20-23-41(35,36)6)46-39(44)42-24-21-29(3)25-38(43)45-27-31-13-8-7-9-14-31/h7-9,13-15,28,30,33-37H,3,10-12,16-27H2,1-2,4-6H3,(H,42,44). The van der Waals surface area contributed by atoms with Gasteiger partial charge in [0.15, 0.2) is 0 Å². The highest BCUT2D eigenvalue weighted by Crippen LogP contribution is 2.67. The third-order valence-electron chi connectivity index (χ3n) is 12.9. The summed E-state index contributed by atoms with van der Waals surface area (Å²) in [6.07, 6.45) is 16.7. The second-order valence-electron chi connectivity index (χ2n) is 16.3. The smallest absolute Gasteiger partial charge is 0.407 e. The van der Waals surface area contributed by atoms with Gasteiger partial charge in [0.05, 0.1) is 6.42 Å². The van der Waals surface area contributed by atoms with Crippen LogP contribution in [0.3, 0.4) is 0 Å². The molecule has 8 atom stereocenters. The van der Waals surface area contributed by atoms with Gasteiger partial charge in [0.1, 0.15) is 12.7 Å². The Morgan fingerprint density at radius 1 is 1.00 bits per heavy atom. The molecular formula is C41H61NO4. The Labute approximate surface area is 279 Å². The van der Waals surface area contributed by atoms with E-state index in [0.29, 0.717) is 18.4 Å². The zero-order chi connectivity index (χ0) is 32.9. The molecule has 3 saturated carbocycles. The minimum Gasteiger partial charge on any atom is -0.461 e. The first-order chi connectivity index (χ1) is 22.0. The lowest BCUT2D eigenvalue weighted by Gasteiger charge is -2.58. The molecule has 1 amide bonds. The van der Waals surface area contributed by atoms with Crippen molar-refractivity contribution < 1.29 is 19.1 Å². The van der Waals surface area contributed by atoms with Crippen molar-refractivity contribution in [1.29, 1.82) is 0 Å². The van der Waals surface area contributed by atoms with Crippen LogP contribution in [0.15, 0.2) is 54.1 Å². The summed E-state index contributed by atoms with van der Waals surface area (Å²) in [4.78, 5) is 24.9. The first kappa shape index (κ1) is 34.8. The summed E-state index contributed by atoms with van der Waals surface area (Å²) in [5.41, 5.74) is 3.99. The van der Waals surface area contributed by atoms with E-state index in [-0.39, 0.29) is 36.6 Å². The third kappa shape index (κ3) is 7.93. The number of allylic oxidation sites excluding steroid dienone is 1. The summed E-state index contributed by atoms with van der Waals surface area (Å²) in [6, 6.07) is 9.64.